The minimum atomic E-state index is -0.789. The van der Waals surface area contributed by atoms with E-state index in [1.54, 1.807) is 30.3 Å². The van der Waals surface area contributed by atoms with Crippen LogP contribution in [0, 0.1) is 17.7 Å². The van der Waals surface area contributed by atoms with E-state index >= 15 is 0 Å². The second-order valence-corrected chi connectivity index (χ2v) is 8.68. The molecule has 0 aromatic heterocycles. The standard InChI is InChI=1S/C27H33F3/c1-3-5-7-8-19-10-12-21(13-11-19)26(29)27(30)23-16-17-24-22(18-23)15-14-20(25(24)28)9-6-4-2/h4,14-19,21H,2-3,5-13H2,1H3. The predicted molar refractivity (Wildman–Crippen MR) is 121 cm³/mol. The van der Waals surface area contributed by atoms with Crippen molar-refractivity contribution in [3.63, 3.8) is 0 Å². The van der Waals surface area contributed by atoms with Crippen molar-refractivity contribution in [2.75, 3.05) is 0 Å². The van der Waals surface area contributed by atoms with E-state index in [-0.39, 0.29) is 17.3 Å². The first-order chi connectivity index (χ1) is 14.5. The molecule has 3 rings (SSSR count). The van der Waals surface area contributed by atoms with Crippen LogP contribution in [0.4, 0.5) is 13.2 Å². The summed E-state index contributed by atoms with van der Waals surface area (Å²) in [6.45, 7) is 5.87. The molecule has 1 fully saturated rings. The highest BCUT2D eigenvalue weighted by atomic mass is 19.2. The molecular formula is C27H33F3. The van der Waals surface area contributed by atoms with Crippen LogP contribution in [0.5, 0.6) is 0 Å². The summed E-state index contributed by atoms with van der Waals surface area (Å²) in [4.78, 5) is 0. The van der Waals surface area contributed by atoms with E-state index in [1.165, 1.54) is 31.7 Å². The molecule has 1 aliphatic carbocycles. The Morgan fingerprint density at radius 1 is 1.07 bits per heavy atom. The summed E-state index contributed by atoms with van der Waals surface area (Å²) >= 11 is 0. The number of benzene rings is 2. The van der Waals surface area contributed by atoms with Crippen LogP contribution in [-0.4, -0.2) is 0 Å². The van der Waals surface area contributed by atoms with Crippen LogP contribution < -0.4 is 0 Å². The summed E-state index contributed by atoms with van der Waals surface area (Å²) in [5.41, 5.74) is 0.816. The van der Waals surface area contributed by atoms with Gasteiger partial charge in [0.15, 0.2) is 5.83 Å². The lowest BCUT2D eigenvalue weighted by atomic mass is 9.79. The Hall–Kier alpha value is -2.03. The van der Waals surface area contributed by atoms with E-state index < -0.39 is 11.7 Å². The van der Waals surface area contributed by atoms with Crippen molar-refractivity contribution in [1.82, 2.24) is 0 Å². The fourth-order valence-corrected chi connectivity index (χ4v) is 4.63. The summed E-state index contributed by atoms with van der Waals surface area (Å²) in [5.74, 6) is -1.39. The highest BCUT2D eigenvalue weighted by Gasteiger charge is 2.26. The molecule has 1 saturated carbocycles. The molecule has 162 valence electrons. The van der Waals surface area contributed by atoms with Gasteiger partial charge in [0.05, 0.1) is 0 Å². The van der Waals surface area contributed by atoms with Gasteiger partial charge < -0.3 is 0 Å². The number of fused-ring (bicyclic) bond motifs is 1. The van der Waals surface area contributed by atoms with E-state index in [0.717, 1.165) is 12.8 Å². The van der Waals surface area contributed by atoms with Crippen LogP contribution in [-0.2, 0) is 6.42 Å². The van der Waals surface area contributed by atoms with Gasteiger partial charge in [-0.05, 0) is 61.5 Å². The average molecular weight is 415 g/mol. The van der Waals surface area contributed by atoms with Gasteiger partial charge >= 0.3 is 0 Å². The maximum Gasteiger partial charge on any atom is 0.162 e. The largest absolute Gasteiger partial charge is 0.208 e. The number of rotatable bonds is 9. The molecule has 0 N–H and O–H groups in total. The zero-order valence-electron chi connectivity index (χ0n) is 18.0. The summed E-state index contributed by atoms with van der Waals surface area (Å²) in [5, 5.41) is 1.04. The lowest BCUT2D eigenvalue weighted by molar-refractivity contribution is 0.258. The number of hydrogen-bond donors (Lipinski definition) is 0. The van der Waals surface area contributed by atoms with Crippen molar-refractivity contribution >= 4 is 16.6 Å². The molecule has 0 saturated heterocycles. The third-order valence-corrected chi connectivity index (χ3v) is 6.54. The van der Waals surface area contributed by atoms with Crippen molar-refractivity contribution in [3.8, 4) is 0 Å². The first kappa shape index (κ1) is 22.7. The Morgan fingerprint density at radius 2 is 1.83 bits per heavy atom. The molecule has 2 aromatic rings. The predicted octanol–water partition coefficient (Wildman–Crippen LogP) is 9.09. The molecule has 0 heterocycles. The SMILES string of the molecule is C=CCCc1ccc2cc(C(F)=C(F)C3CCC(CCCCC)CC3)ccc2c1F. The second-order valence-electron chi connectivity index (χ2n) is 8.68. The molecule has 0 amide bonds. The fourth-order valence-electron chi connectivity index (χ4n) is 4.63. The van der Waals surface area contributed by atoms with Crippen molar-refractivity contribution < 1.29 is 13.2 Å². The zero-order valence-corrected chi connectivity index (χ0v) is 18.0. The van der Waals surface area contributed by atoms with Crippen molar-refractivity contribution in [2.24, 2.45) is 11.8 Å². The van der Waals surface area contributed by atoms with E-state index in [2.05, 4.69) is 13.5 Å². The van der Waals surface area contributed by atoms with Gasteiger partial charge in [-0.2, -0.15) is 0 Å². The minimum absolute atomic E-state index is 0.198. The lowest BCUT2D eigenvalue weighted by Crippen LogP contribution is -2.15. The lowest BCUT2D eigenvalue weighted by Gasteiger charge is -2.27. The summed E-state index contributed by atoms with van der Waals surface area (Å²) in [6, 6.07) is 8.12. The van der Waals surface area contributed by atoms with Gasteiger partial charge in [0, 0.05) is 16.9 Å². The quantitative estimate of drug-likeness (QED) is 0.283. The van der Waals surface area contributed by atoms with E-state index in [0.29, 0.717) is 47.9 Å². The number of halogens is 3. The fraction of sp³-hybridized carbons (Fsp3) is 0.481. The molecule has 0 nitrogen and oxygen atoms in total. The minimum Gasteiger partial charge on any atom is -0.208 e. The first-order valence-corrected chi connectivity index (χ1v) is 11.4. The van der Waals surface area contributed by atoms with Gasteiger partial charge in [0.25, 0.3) is 0 Å². The molecule has 0 spiro atoms. The molecular weight excluding hydrogens is 381 g/mol. The number of unbranched alkanes of at least 4 members (excludes halogenated alkanes) is 2. The Balaban J connectivity index is 1.73. The van der Waals surface area contributed by atoms with Gasteiger partial charge in [-0.3, -0.25) is 0 Å². The Labute approximate surface area is 178 Å². The zero-order chi connectivity index (χ0) is 21.5. The van der Waals surface area contributed by atoms with Crippen LogP contribution >= 0.6 is 0 Å². The number of allylic oxidation sites excluding steroid dienone is 2. The second kappa shape index (κ2) is 10.8. The number of hydrogen-bond acceptors (Lipinski definition) is 0. The first-order valence-electron chi connectivity index (χ1n) is 11.4. The van der Waals surface area contributed by atoms with Crippen LogP contribution in [0.3, 0.4) is 0 Å². The van der Waals surface area contributed by atoms with Crippen LogP contribution in [0.1, 0.15) is 75.8 Å². The topological polar surface area (TPSA) is 0 Å². The van der Waals surface area contributed by atoms with Crippen molar-refractivity contribution in [3.05, 3.63) is 65.8 Å². The highest BCUT2D eigenvalue weighted by Crippen LogP contribution is 2.39. The van der Waals surface area contributed by atoms with Gasteiger partial charge in [0.2, 0.25) is 0 Å². The molecule has 0 radical (unpaired) electrons. The van der Waals surface area contributed by atoms with Gasteiger partial charge in [-0.15, -0.1) is 6.58 Å². The summed E-state index contributed by atoms with van der Waals surface area (Å²) < 4.78 is 44.5. The number of aryl methyl sites for hydroxylation is 1. The van der Waals surface area contributed by atoms with Crippen LogP contribution in [0.2, 0.25) is 0 Å². The van der Waals surface area contributed by atoms with Gasteiger partial charge in [-0.1, -0.05) is 62.9 Å². The van der Waals surface area contributed by atoms with Crippen LogP contribution in [0.25, 0.3) is 16.6 Å². The van der Waals surface area contributed by atoms with Crippen molar-refractivity contribution in [2.45, 2.75) is 71.1 Å². The van der Waals surface area contributed by atoms with Gasteiger partial charge in [-0.25, -0.2) is 13.2 Å². The molecule has 0 bridgehead atoms. The molecule has 0 atom stereocenters. The maximum atomic E-state index is 14.9. The van der Waals surface area contributed by atoms with Gasteiger partial charge in [0.1, 0.15) is 11.6 Å². The van der Waals surface area contributed by atoms with E-state index in [4.69, 9.17) is 0 Å². The molecule has 3 heteroatoms. The Morgan fingerprint density at radius 3 is 2.53 bits per heavy atom. The maximum absolute atomic E-state index is 14.9. The highest BCUT2D eigenvalue weighted by molar-refractivity contribution is 5.87. The third-order valence-electron chi connectivity index (χ3n) is 6.54. The Kier molecular flexibility index (Phi) is 8.18. The molecule has 0 unspecified atom stereocenters. The average Bonchev–Trinajstić information content (AvgIpc) is 2.78. The Bertz CT molecular complexity index is 888. The molecule has 2 aromatic carbocycles. The smallest absolute Gasteiger partial charge is 0.162 e. The summed E-state index contributed by atoms with van der Waals surface area (Å²) in [6.07, 6.45) is 11.3. The van der Waals surface area contributed by atoms with Crippen LogP contribution in [0.15, 0.2) is 48.8 Å². The monoisotopic (exact) mass is 414 g/mol. The molecule has 0 aliphatic heterocycles. The molecule has 30 heavy (non-hydrogen) atoms. The van der Waals surface area contributed by atoms with E-state index in [9.17, 15) is 13.2 Å². The van der Waals surface area contributed by atoms with Crippen molar-refractivity contribution in [1.29, 1.82) is 0 Å². The summed E-state index contributed by atoms with van der Waals surface area (Å²) in [7, 11) is 0. The third kappa shape index (κ3) is 5.36. The molecule has 1 aliphatic rings. The normalized spacial score (nSPS) is 20.3. The van der Waals surface area contributed by atoms with E-state index in [1.807, 2.05) is 0 Å².